The van der Waals surface area contributed by atoms with Gasteiger partial charge >= 0.3 is 0 Å². The molecule has 0 aliphatic heterocycles. The number of aromatic nitrogens is 3. The van der Waals surface area contributed by atoms with Gasteiger partial charge in [0, 0.05) is 22.8 Å². The summed E-state index contributed by atoms with van der Waals surface area (Å²) in [4.78, 5) is 25.1. The van der Waals surface area contributed by atoms with Crippen molar-refractivity contribution in [2.24, 2.45) is 16.0 Å². The highest BCUT2D eigenvalue weighted by Gasteiger charge is 2.15. The minimum absolute atomic E-state index is 0.436. The summed E-state index contributed by atoms with van der Waals surface area (Å²) in [5.41, 5.74) is 9.66. The van der Waals surface area contributed by atoms with Gasteiger partial charge in [0.15, 0.2) is 5.82 Å². The van der Waals surface area contributed by atoms with Crippen LogP contribution in [-0.2, 0) is 6.54 Å². The molecule has 0 aliphatic rings. The fraction of sp³-hybridized carbons (Fsp3) is 0.100. The van der Waals surface area contributed by atoms with Gasteiger partial charge in [-0.15, -0.1) is 16.5 Å². The number of carbonyl (C=O) groups is 1. The number of nitrogens with zero attached hydrogens (tertiary/aromatic N) is 5. The van der Waals surface area contributed by atoms with Crippen LogP contribution in [-0.4, -0.2) is 20.9 Å². The molecule has 138 valence electrons. The van der Waals surface area contributed by atoms with Gasteiger partial charge in [0.05, 0.1) is 12.1 Å². The third-order valence-corrected chi connectivity index (χ3v) is 5.58. The van der Waals surface area contributed by atoms with Crippen molar-refractivity contribution in [3.8, 4) is 10.4 Å². The van der Waals surface area contributed by atoms with Gasteiger partial charge in [0.2, 0.25) is 5.91 Å². The zero-order chi connectivity index (χ0) is 19.5. The maximum Gasteiger partial charge on any atom is 0.248 e. The van der Waals surface area contributed by atoms with Crippen LogP contribution in [0.1, 0.15) is 21.5 Å². The minimum Gasteiger partial charge on any atom is -0.366 e. The van der Waals surface area contributed by atoms with Crippen molar-refractivity contribution in [1.29, 1.82) is 0 Å². The smallest absolute Gasteiger partial charge is 0.248 e. The van der Waals surface area contributed by atoms with Crippen LogP contribution in [0.4, 0.5) is 5.82 Å². The number of hydrogen-bond donors (Lipinski definition) is 1. The molecule has 1 amide bonds. The molecule has 0 saturated heterocycles. The van der Waals surface area contributed by atoms with Crippen LogP contribution in [0.3, 0.4) is 0 Å². The molecule has 4 aromatic rings. The van der Waals surface area contributed by atoms with Crippen LogP contribution in [0.2, 0.25) is 0 Å². The Balaban J connectivity index is 1.68. The van der Waals surface area contributed by atoms with Crippen LogP contribution in [0.25, 0.3) is 20.7 Å². The molecule has 0 aliphatic carbocycles. The number of fused-ring (bicyclic) bond motifs is 1. The summed E-state index contributed by atoms with van der Waals surface area (Å²) in [6.07, 6.45) is 4.98. The summed E-state index contributed by atoms with van der Waals surface area (Å²) in [5, 5.41) is 8.57. The Hall–Kier alpha value is -3.52. The zero-order valence-corrected chi connectivity index (χ0v) is 15.8. The van der Waals surface area contributed by atoms with Gasteiger partial charge in [-0.2, -0.15) is 5.11 Å². The molecular weight excluding hydrogens is 372 g/mol. The number of carbonyl (C=O) groups excluding carboxylic acids is 1. The Morgan fingerprint density at radius 2 is 2.00 bits per heavy atom. The van der Waals surface area contributed by atoms with Gasteiger partial charge in [-0.05, 0) is 41.8 Å². The van der Waals surface area contributed by atoms with E-state index in [-0.39, 0.29) is 0 Å². The molecule has 0 atom stereocenters. The van der Waals surface area contributed by atoms with E-state index in [1.165, 1.54) is 6.33 Å². The topological polar surface area (TPSA) is 106 Å². The van der Waals surface area contributed by atoms with Gasteiger partial charge in [-0.1, -0.05) is 18.2 Å². The largest absolute Gasteiger partial charge is 0.366 e. The van der Waals surface area contributed by atoms with E-state index in [4.69, 9.17) is 5.73 Å². The highest BCUT2D eigenvalue weighted by molar-refractivity contribution is 7.23. The Morgan fingerprint density at radius 3 is 2.71 bits per heavy atom. The second-order valence-corrected chi connectivity index (χ2v) is 7.15. The second kappa shape index (κ2) is 7.61. The standard InChI is InChI=1S/C20H16N6OS/c1-12-16-18(28-17(12)14-4-6-15(7-5-14)19(21)27)20(24-11-23-16)26-25-10-13-3-2-8-22-9-13/h2-9,11H,10H2,1H3,(H2,21,27). The second-order valence-electron chi connectivity index (χ2n) is 6.13. The molecule has 8 heteroatoms. The van der Waals surface area contributed by atoms with Crippen LogP contribution < -0.4 is 5.73 Å². The van der Waals surface area contributed by atoms with Crippen molar-refractivity contribution in [2.45, 2.75) is 13.5 Å². The zero-order valence-electron chi connectivity index (χ0n) is 15.0. The van der Waals surface area contributed by atoms with Crippen molar-refractivity contribution >= 4 is 33.3 Å². The normalized spacial score (nSPS) is 11.3. The number of primary amides is 1. The molecule has 0 fully saturated rings. The van der Waals surface area contributed by atoms with Crippen LogP contribution in [0, 0.1) is 6.92 Å². The Labute approximate surface area is 165 Å². The summed E-state index contributed by atoms with van der Waals surface area (Å²) in [6, 6.07) is 11.0. The minimum atomic E-state index is -0.443. The lowest BCUT2D eigenvalue weighted by atomic mass is 10.1. The Kier molecular flexibility index (Phi) is 4.86. The van der Waals surface area contributed by atoms with E-state index in [1.807, 2.05) is 31.2 Å². The number of thiophene rings is 1. The lowest BCUT2D eigenvalue weighted by Gasteiger charge is -2.01. The fourth-order valence-electron chi connectivity index (χ4n) is 2.82. The summed E-state index contributed by atoms with van der Waals surface area (Å²) in [5.74, 6) is 0.101. The summed E-state index contributed by atoms with van der Waals surface area (Å²) >= 11 is 1.56. The molecule has 3 aromatic heterocycles. The first kappa shape index (κ1) is 17.9. The number of aryl methyl sites for hydroxylation is 1. The highest BCUT2D eigenvalue weighted by Crippen LogP contribution is 2.40. The van der Waals surface area contributed by atoms with Crippen molar-refractivity contribution in [3.63, 3.8) is 0 Å². The van der Waals surface area contributed by atoms with E-state index in [0.29, 0.717) is 17.9 Å². The molecule has 7 nitrogen and oxygen atoms in total. The van der Waals surface area contributed by atoms with Crippen molar-refractivity contribution in [2.75, 3.05) is 0 Å². The van der Waals surface area contributed by atoms with E-state index < -0.39 is 5.91 Å². The lowest BCUT2D eigenvalue weighted by Crippen LogP contribution is -2.10. The number of benzene rings is 1. The molecule has 2 N–H and O–H groups in total. The summed E-state index contributed by atoms with van der Waals surface area (Å²) in [6.45, 7) is 2.45. The lowest BCUT2D eigenvalue weighted by molar-refractivity contribution is 0.100. The maximum absolute atomic E-state index is 11.3. The number of amides is 1. The predicted molar refractivity (Wildman–Crippen MR) is 109 cm³/mol. The fourth-order valence-corrected chi connectivity index (χ4v) is 4.01. The van der Waals surface area contributed by atoms with E-state index in [2.05, 4.69) is 25.2 Å². The average Bonchev–Trinajstić information content (AvgIpc) is 3.06. The molecule has 4 rings (SSSR count). The number of rotatable bonds is 5. The van der Waals surface area contributed by atoms with Crippen molar-refractivity contribution in [1.82, 2.24) is 15.0 Å². The number of azo groups is 1. The highest BCUT2D eigenvalue weighted by atomic mass is 32.1. The molecule has 0 saturated carbocycles. The van der Waals surface area contributed by atoms with Crippen LogP contribution in [0.15, 0.2) is 65.3 Å². The van der Waals surface area contributed by atoms with Gasteiger partial charge < -0.3 is 5.73 Å². The van der Waals surface area contributed by atoms with Crippen LogP contribution in [0.5, 0.6) is 0 Å². The molecular formula is C20H16N6OS. The number of hydrogen-bond acceptors (Lipinski definition) is 7. The van der Waals surface area contributed by atoms with Crippen molar-refractivity contribution in [3.05, 3.63) is 71.8 Å². The van der Waals surface area contributed by atoms with E-state index in [0.717, 1.165) is 31.8 Å². The average molecular weight is 388 g/mol. The molecule has 1 aromatic carbocycles. The quantitative estimate of drug-likeness (QED) is 0.510. The molecule has 0 radical (unpaired) electrons. The van der Waals surface area contributed by atoms with E-state index >= 15 is 0 Å². The van der Waals surface area contributed by atoms with E-state index in [9.17, 15) is 4.79 Å². The summed E-state index contributed by atoms with van der Waals surface area (Å²) < 4.78 is 0.879. The Bertz CT molecular complexity index is 1170. The predicted octanol–water partition coefficient (Wildman–Crippen LogP) is 4.44. The van der Waals surface area contributed by atoms with Gasteiger partial charge in [0.1, 0.15) is 11.0 Å². The summed E-state index contributed by atoms with van der Waals surface area (Å²) in [7, 11) is 0. The first-order chi connectivity index (χ1) is 13.6. The SMILES string of the molecule is Cc1c(-c2ccc(C(N)=O)cc2)sc2c(N=NCc3cccnc3)ncnc12. The van der Waals surface area contributed by atoms with E-state index in [1.54, 1.807) is 35.9 Å². The van der Waals surface area contributed by atoms with Crippen LogP contribution >= 0.6 is 11.3 Å². The monoisotopic (exact) mass is 388 g/mol. The number of nitrogens with two attached hydrogens (primary N) is 1. The van der Waals surface area contributed by atoms with Crippen molar-refractivity contribution < 1.29 is 4.79 Å². The first-order valence-electron chi connectivity index (χ1n) is 8.54. The van der Waals surface area contributed by atoms with Gasteiger partial charge in [-0.3, -0.25) is 9.78 Å². The third kappa shape index (κ3) is 3.49. The molecule has 0 bridgehead atoms. The Morgan fingerprint density at radius 1 is 1.18 bits per heavy atom. The molecule has 0 unspecified atom stereocenters. The molecule has 28 heavy (non-hydrogen) atoms. The first-order valence-corrected chi connectivity index (χ1v) is 9.36. The maximum atomic E-state index is 11.3. The molecule has 0 spiro atoms. The van der Waals surface area contributed by atoms with Gasteiger partial charge in [-0.25, -0.2) is 9.97 Å². The van der Waals surface area contributed by atoms with Gasteiger partial charge in [0.25, 0.3) is 0 Å². The third-order valence-electron chi connectivity index (χ3n) is 4.26. The molecule has 3 heterocycles. The number of pyridine rings is 1.